The van der Waals surface area contributed by atoms with Crippen LogP contribution in [0.5, 0.6) is 0 Å². The second-order valence-corrected chi connectivity index (χ2v) is 4.75. The summed E-state index contributed by atoms with van der Waals surface area (Å²) in [5.74, 6) is 0. The average Bonchev–Trinajstić information content (AvgIpc) is 2.90. The van der Waals surface area contributed by atoms with Gasteiger partial charge >= 0.3 is 0 Å². The molecule has 3 aromatic rings. The Morgan fingerprint density at radius 1 is 1.32 bits per heavy atom. The fraction of sp³-hybridized carbons (Fsp3) is 0.0714. The van der Waals surface area contributed by atoms with Gasteiger partial charge in [-0.3, -0.25) is 0 Å². The zero-order valence-corrected chi connectivity index (χ0v) is 11.0. The molecule has 0 aliphatic heterocycles. The van der Waals surface area contributed by atoms with Gasteiger partial charge in [0.05, 0.1) is 11.3 Å². The van der Waals surface area contributed by atoms with Crippen molar-refractivity contribution in [2.75, 3.05) is 6.26 Å². The van der Waals surface area contributed by atoms with Crippen molar-refractivity contribution < 1.29 is 0 Å². The molecule has 0 fully saturated rings. The molecule has 0 atom stereocenters. The average molecular weight is 266 g/mol. The van der Waals surface area contributed by atoms with Crippen LogP contribution < -0.4 is 0 Å². The number of rotatable bonds is 2. The van der Waals surface area contributed by atoms with Crippen molar-refractivity contribution >= 4 is 22.7 Å². The lowest BCUT2D eigenvalue weighted by atomic mass is 10.1. The predicted molar refractivity (Wildman–Crippen MR) is 75.8 cm³/mol. The van der Waals surface area contributed by atoms with E-state index in [1.54, 1.807) is 6.20 Å². The lowest BCUT2D eigenvalue weighted by Gasteiger charge is -2.03. The van der Waals surface area contributed by atoms with Crippen molar-refractivity contribution in [3.8, 4) is 17.3 Å². The smallest absolute Gasteiger partial charge is 0.187 e. The van der Waals surface area contributed by atoms with Crippen LogP contribution in [0.1, 0.15) is 5.56 Å². The molecule has 0 saturated heterocycles. The molecular formula is C14H10N4S. The molecule has 1 N–H and O–H groups in total. The molecule has 0 bridgehead atoms. The van der Waals surface area contributed by atoms with Crippen molar-refractivity contribution in [1.29, 1.82) is 5.26 Å². The van der Waals surface area contributed by atoms with Crippen LogP contribution in [0.3, 0.4) is 0 Å². The maximum Gasteiger partial charge on any atom is 0.187 e. The standard InChI is InChI=1S/C14H10N4S/c1-19-14-17-7-9(6-15)13(18-14)11-8-16-12-5-3-2-4-10(11)12/h2-5,7-8,16H,1H3. The number of para-hydroxylation sites is 1. The molecule has 0 unspecified atom stereocenters. The first kappa shape index (κ1) is 11.8. The van der Waals surface area contributed by atoms with Crippen molar-refractivity contribution in [2.24, 2.45) is 0 Å². The predicted octanol–water partition coefficient (Wildman–Crippen LogP) is 3.22. The minimum absolute atomic E-state index is 0.488. The molecule has 0 aliphatic carbocycles. The normalized spacial score (nSPS) is 10.5. The van der Waals surface area contributed by atoms with Gasteiger partial charge in [0.1, 0.15) is 6.07 Å². The van der Waals surface area contributed by atoms with Crippen LogP contribution in [0.4, 0.5) is 0 Å². The fourth-order valence-corrected chi connectivity index (χ4v) is 2.36. The Morgan fingerprint density at radius 2 is 2.16 bits per heavy atom. The molecule has 0 spiro atoms. The van der Waals surface area contributed by atoms with E-state index in [-0.39, 0.29) is 0 Å². The zero-order chi connectivity index (χ0) is 13.2. The number of nitrogens with one attached hydrogen (secondary N) is 1. The second-order valence-electron chi connectivity index (χ2n) is 3.98. The number of aromatic amines is 1. The van der Waals surface area contributed by atoms with Crippen LogP contribution >= 0.6 is 11.8 Å². The number of thioether (sulfide) groups is 1. The van der Waals surface area contributed by atoms with Gasteiger partial charge in [0.2, 0.25) is 0 Å². The number of nitrogens with zero attached hydrogens (tertiary/aromatic N) is 3. The highest BCUT2D eigenvalue weighted by Crippen LogP contribution is 2.29. The summed E-state index contributed by atoms with van der Waals surface area (Å²) >= 11 is 1.46. The maximum absolute atomic E-state index is 9.21. The molecule has 0 radical (unpaired) electrons. The highest BCUT2D eigenvalue weighted by molar-refractivity contribution is 7.98. The van der Waals surface area contributed by atoms with Crippen LogP contribution in [0.15, 0.2) is 41.8 Å². The van der Waals surface area contributed by atoms with Crippen LogP contribution in [-0.4, -0.2) is 21.2 Å². The number of fused-ring (bicyclic) bond motifs is 1. The molecule has 2 aromatic heterocycles. The third-order valence-electron chi connectivity index (χ3n) is 2.91. The van der Waals surface area contributed by atoms with Gasteiger partial charge in [0, 0.05) is 28.9 Å². The fourth-order valence-electron chi connectivity index (χ4n) is 2.02. The van der Waals surface area contributed by atoms with E-state index in [9.17, 15) is 5.26 Å². The quantitative estimate of drug-likeness (QED) is 0.571. The van der Waals surface area contributed by atoms with E-state index in [1.807, 2.05) is 36.7 Å². The Balaban J connectivity index is 2.29. The Kier molecular flexibility index (Phi) is 2.94. The minimum atomic E-state index is 0.488. The van der Waals surface area contributed by atoms with E-state index < -0.39 is 0 Å². The van der Waals surface area contributed by atoms with E-state index in [2.05, 4.69) is 21.0 Å². The topological polar surface area (TPSA) is 65.4 Å². The largest absolute Gasteiger partial charge is 0.360 e. The third-order valence-corrected chi connectivity index (χ3v) is 3.48. The number of H-pyrrole nitrogens is 1. The molecule has 92 valence electrons. The van der Waals surface area contributed by atoms with Crippen molar-refractivity contribution in [3.63, 3.8) is 0 Å². The molecule has 0 amide bonds. The summed E-state index contributed by atoms with van der Waals surface area (Å²) < 4.78 is 0. The lowest BCUT2D eigenvalue weighted by Crippen LogP contribution is -1.93. The van der Waals surface area contributed by atoms with Crippen LogP contribution in [0.25, 0.3) is 22.2 Å². The van der Waals surface area contributed by atoms with Gasteiger partial charge < -0.3 is 4.98 Å². The number of aromatic nitrogens is 3. The highest BCUT2D eigenvalue weighted by atomic mass is 32.2. The Labute approximate surface area is 114 Å². The molecule has 4 nitrogen and oxygen atoms in total. The van der Waals surface area contributed by atoms with Gasteiger partial charge in [0.25, 0.3) is 0 Å². The summed E-state index contributed by atoms with van der Waals surface area (Å²) in [5.41, 5.74) is 3.14. The highest BCUT2D eigenvalue weighted by Gasteiger charge is 2.13. The summed E-state index contributed by atoms with van der Waals surface area (Å²) in [5, 5.41) is 10.9. The number of benzene rings is 1. The minimum Gasteiger partial charge on any atom is -0.360 e. The van der Waals surface area contributed by atoms with Gasteiger partial charge in [-0.1, -0.05) is 30.0 Å². The molecule has 0 saturated carbocycles. The SMILES string of the molecule is CSc1ncc(C#N)c(-c2c[nH]c3ccccc23)n1. The van der Waals surface area contributed by atoms with Crippen LogP contribution in [0.2, 0.25) is 0 Å². The monoisotopic (exact) mass is 266 g/mol. The maximum atomic E-state index is 9.21. The Bertz CT molecular complexity index is 785. The Morgan fingerprint density at radius 3 is 2.95 bits per heavy atom. The zero-order valence-electron chi connectivity index (χ0n) is 10.2. The van der Waals surface area contributed by atoms with Crippen molar-refractivity contribution in [1.82, 2.24) is 15.0 Å². The van der Waals surface area contributed by atoms with Crippen LogP contribution in [0, 0.1) is 11.3 Å². The van der Waals surface area contributed by atoms with Gasteiger partial charge in [0.15, 0.2) is 5.16 Å². The second kappa shape index (κ2) is 4.75. The Hall–Kier alpha value is -2.32. The summed E-state index contributed by atoms with van der Waals surface area (Å²) in [6, 6.07) is 10.1. The van der Waals surface area contributed by atoms with Gasteiger partial charge in [-0.2, -0.15) is 5.26 Å². The number of nitriles is 1. The van der Waals surface area contributed by atoms with Gasteiger partial charge in [-0.05, 0) is 12.3 Å². The molecule has 0 aliphatic rings. The number of hydrogen-bond acceptors (Lipinski definition) is 4. The first-order valence-corrected chi connectivity index (χ1v) is 6.93. The molecule has 2 heterocycles. The first-order chi connectivity index (χ1) is 9.33. The molecule has 5 heteroatoms. The van der Waals surface area contributed by atoms with E-state index in [0.717, 1.165) is 16.5 Å². The van der Waals surface area contributed by atoms with E-state index in [4.69, 9.17) is 0 Å². The number of hydrogen-bond donors (Lipinski definition) is 1. The molecule has 3 rings (SSSR count). The van der Waals surface area contributed by atoms with Crippen molar-refractivity contribution in [2.45, 2.75) is 5.16 Å². The van der Waals surface area contributed by atoms with Crippen molar-refractivity contribution in [3.05, 3.63) is 42.2 Å². The molecule has 19 heavy (non-hydrogen) atoms. The summed E-state index contributed by atoms with van der Waals surface area (Å²) in [4.78, 5) is 11.8. The third kappa shape index (κ3) is 1.96. The van der Waals surface area contributed by atoms with Gasteiger partial charge in [-0.25, -0.2) is 9.97 Å². The van der Waals surface area contributed by atoms with Crippen LogP contribution in [-0.2, 0) is 0 Å². The lowest BCUT2D eigenvalue weighted by molar-refractivity contribution is 0.970. The van der Waals surface area contributed by atoms with E-state index in [1.165, 1.54) is 11.8 Å². The summed E-state index contributed by atoms with van der Waals surface area (Å²) in [7, 11) is 0. The van der Waals surface area contributed by atoms with E-state index in [0.29, 0.717) is 16.4 Å². The molecule has 1 aromatic carbocycles. The first-order valence-electron chi connectivity index (χ1n) is 5.71. The summed E-state index contributed by atoms with van der Waals surface area (Å²) in [6.45, 7) is 0. The summed E-state index contributed by atoms with van der Waals surface area (Å²) in [6.07, 6.45) is 5.38. The van der Waals surface area contributed by atoms with E-state index >= 15 is 0 Å². The van der Waals surface area contributed by atoms with Gasteiger partial charge in [-0.15, -0.1) is 0 Å². The molecular weight excluding hydrogens is 256 g/mol.